The highest BCUT2D eigenvalue weighted by Gasteiger charge is 2.23. The number of hydrogen-bond donors (Lipinski definition) is 2. The molecule has 0 aromatic heterocycles. The van der Waals surface area contributed by atoms with Gasteiger partial charge in [0, 0.05) is 5.56 Å². The summed E-state index contributed by atoms with van der Waals surface area (Å²) in [5.74, 6) is -6.68. The molecule has 3 nitrogen and oxygen atoms in total. The molecule has 1 aromatic carbocycles. The second-order valence-electron chi connectivity index (χ2n) is 2.51. The third-order valence-electron chi connectivity index (χ3n) is 1.59. The van der Waals surface area contributed by atoms with E-state index in [1.54, 1.807) is 0 Å². The average molecular weight is 206 g/mol. The number of carboxylic acids is 1. The molecule has 1 rings (SSSR count). The van der Waals surface area contributed by atoms with E-state index in [9.17, 15) is 18.0 Å². The van der Waals surface area contributed by atoms with Crippen molar-refractivity contribution in [1.82, 2.24) is 0 Å². The zero-order valence-electron chi connectivity index (χ0n) is 6.67. The minimum atomic E-state index is -2.20. The predicted octanol–water partition coefficient (Wildman–Crippen LogP) is 1.22. The van der Waals surface area contributed by atoms with Crippen molar-refractivity contribution in [3.63, 3.8) is 0 Å². The number of aliphatic hydroxyl groups excluding tert-OH is 1. The molecule has 0 saturated heterocycles. The Morgan fingerprint density at radius 3 is 2.29 bits per heavy atom. The number of hydrogen-bond acceptors (Lipinski definition) is 2. The fraction of sp³-hybridized carbons (Fsp3) is 0.125. The van der Waals surface area contributed by atoms with Gasteiger partial charge in [0.2, 0.25) is 0 Å². The lowest BCUT2D eigenvalue weighted by atomic mass is 10.1. The first-order valence-corrected chi connectivity index (χ1v) is 3.49. The second-order valence-corrected chi connectivity index (χ2v) is 2.51. The number of benzene rings is 1. The quantitative estimate of drug-likeness (QED) is 0.715. The molecule has 0 bridgehead atoms. The van der Waals surface area contributed by atoms with Gasteiger partial charge in [-0.15, -0.1) is 0 Å². The summed E-state index contributed by atoms with van der Waals surface area (Å²) in [5, 5.41) is 17.2. The number of carbonyl (C=O) groups is 1. The van der Waals surface area contributed by atoms with Gasteiger partial charge < -0.3 is 10.2 Å². The first kappa shape index (κ1) is 10.5. The van der Waals surface area contributed by atoms with Crippen molar-refractivity contribution < 1.29 is 28.2 Å². The van der Waals surface area contributed by atoms with Gasteiger partial charge in [-0.05, 0) is 12.1 Å². The molecule has 1 atom stereocenters. The first-order chi connectivity index (χ1) is 6.45. The Bertz CT molecular complexity index is 378. The van der Waals surface area contributed by atoms with Crippen LogP contribution in [0.4, 0.5) is 13.2 Å². The van der Waals surface area contributed by atoms with Crippen molar-refractivity contribution in [3.05, 3.63) is 35.1 Å². The number of halogens is 3. The number of rotatable bonds is 2. The van der Waals surface area contributed by atoms with Gasteiger partial charge in [-0.1, -0.05) is 0 Å². The lowest BCUT2D eigenvalue weighted by Gasteiger charge is -2.07. The molecule has 0 fully saturated rings. The number of aliphatic carboxylic acids is 1. The van der Waals surface area contributed by atoms with Crippen LogP contribution in [-0.4, -0.2) is 16.2 Å². The Morgan fingerprint density at radius 2 is 1.79 bits per heavy atom. The van der Waals surface area contributed by atoms with Crippen LogP contribution in [-0.2, 0) is 4.79 Å². The smallest absolute Gasteiger partial charge is 0.337 e. The van der Waals surface area contributed by atoms with Gasteiger partial charge in [-0.2, -0.15) is 0 Å². The molecule has 0 aliphatic rings. The van der Waals surface area contributed by atoms with Gasteiger partial charge in [0.1, 0.15) is 0 Å². The number of aliphatic hydroxyl groups is 1. The molecule has 6 heteroatoms. The van der Waals surface area contributed by atoms with E-state index in [2.05, 4.69) is 0 Å². The Kier molecular flexibility index (Phi) is 2.76. The van der Waals surface area contributed by atoms with E-state index < -0.39 is 35.1 Å². The van der Waals surface area contributed by atoms with Crippen LogP contribution in [0.15, 0.2) is 12.1 Å². The zero-order chi connectivity index (χ0) is 10.9. The van der Waals surface area contributed by atoms with E-state index in [1.807, 2.05) is 0 Å². The lowest BCUT2D eigenvalue weighted by Crippen LogP contribution is -2.13. The lowest BCUT2D eigenvalue weighted by molar-refractivity contribution is -0.147. The van der Waals surface area contributed by atoms with Crippen molar-refractivity contribution >= 4 is 5.97 Å². The summed E-state index contributed by atoms with van der Waals surface area (Å²) in [6, 6.07) is 1.21. The Morgan fingerprint density at radius 1 is 1.21 bits per heavy atom. The standard InChI is InChI=1S/C8H5F3O3/c9-4-2-1-3(5(10)6(4)11)7(12)8(13)14/h1-2,7,12H,(H,13,14). The van der Waals surface area contributed by atoms with E-state index in [0.29, 0.717) is 12.1 Å². The highest BCUT2D eigenvalue weighted by atomic mass is 19.2. The van der Waals surface area contributed by atoms with Crippen LogP contribution in [0, 0.1) is 17.5 Å². The maximum atomic E-state index is 12.8. The summed E-state index contributed by atoms with van der Waals surface area (Å²) in [6.07, 6.45) is -2.20. The van der Waals surface area contributed by atoms with Crippen LogP contribution in [0.5, 0.6) is 0 Å². The monoisotopic (exact) mass is 206 g/mol. The van der Waals surface area contributed by atoms with E-state index in [1.165, 1.54) is 0 Å². The summed E-state index contributed by atoms with van der Waals surface area (Å²) in [4.78, 5) is 10.2. The fourth-order valence-corrected chi connectivity index (χ4v) is 0.885. The van der Waals surface area contributed by atoms with Gasteiger partial charge in [0.15, 0.2) is 23.6 Å². The van der Waals surface area contributed by atoms with Crippen molar-refractivity contribution in [3.8, 4) is 0 Å². The molecule has 0 saturated carbocycles. The van der Waals surface area contributed by atoms with Gasteiger partial charge >= 0.3 is 5.97 Å². The first-order valence-electron chi connectivity index (χ1n) is 3.49. The highest BCUT2D eigenvalue weighted by molar-refractivity contribution is 5.74. The van der Waals surface area contributed by atoms with Crippen LogP contribution in [0.1, 0.15) is 11.7 Å². The number of carboxylic acid groups (broad SMARTS) is 1. The molecule has 1 unspecified atom stereocenters. The van der Waals surface area contributed by atoms with Crippen LogP contribution in [0.2, 0.25) is 0 Å². The minimum absolute atomic E-state index is 0.542. The summed E-state index contributed by atoms with van der Waals surface area (Å²) in [5.41, 5.74) is -0.809. The third-order valence-corrected chi connectivity index (χ3v) is 1.59. The molecule has 0 radical (unpaired) electrons. The molecule has 0 heterocycles. The Labute approximate surface area is 76.4 Å². The maximum Gasteiger partial charge on any atom is 0.337 e. The van der Waals surface area contributed by atoms with Crippen molar-refractivity contribution in [2.24, 2.45) is 0 Å². The van der Waals surface area contributed by atoms with Crippen LogP contribution in [0.3, 0.4) is 0 Å². The van der Waals surface area contributed by atoms with Gasteiger partial charge in [0.25, 0.3) is 0 Å². The Balaban J connectivity index is 3.24. The average Bonchev–Trinajstić information content (AvgIpc) is 2.13. The van der Waals surface area contributed by atoms with E-state index in [4.69, 9.17) is 10.2 Å². The van der Waals surface area contributed by atoms with E-state index in [0.717, 1.165) is 0 Å². The van der Waals surface area contributed by atoms with E-state index in [-0.39, 0.29) is 0 Å². The summed E-state index contributed by atoms with van der Waals surface area (Å²) in [7, 11) is 0. The van der Waals surface area contributed by atoms with Crippen LogP contribution < -0.4 is 0 Å². The molecular weight excluding hydrogens is 201 g/mol. The Hall–Kier alpha value is -1.56. The molecule has 1 aromatic rings. The van der Waals surface area contributed by atoms with Gasteiger partial charge in [0.05, 0.1) is 0 Å². The molecule has 0 aliphatic carbocycles. The molecule has 14 heavy (non-hydrogen) atoms. The van der Waals surface area contributed by atoms with Crippen LogP contribution >= 0.6 is 0 Å². The minimum Gasteiger partial charge on any atom is -0.479 e. The molecule has 76 valence electrons. The van der Waals surface area contributed by atoms with E-state index >= 15 is 0 Å². The second kappa shape index (κ2) is 3.67. The zero-order valence-corrected chi connectivity index (χ0v) is 6.67. The van der Waals surface area contributed by atoms with Crippen LogP contribution in [0.25, 0.3) is 0 Å². The summed E-state index contributed by atoms with van der Waals surface area (Å²) in [6.45, 7) is 0. The third kappa shape index (κ3) is 1.69. The normalized spacial score (nSPS) is 12.6. The van der Waals surface area contributed by atoms with Crippen molar-refractivity contribution in [1.29, 1.82) is 0 Å². The fourth-order valence-electron chi connectivity index (χ4n) is 0.885. The predicted molar refractivity (Wildman–Crippen MR) is 38.9 cm³/mol. The van der Waals surface area contributed by atoms with Gasteiger partial charge in [-0.25, -0.2) is 18.0 Å². The molecule has 2 N–H and O–H groups in total. The molecular formula is C8H5F3O3. The van der Waals surface area contributed by atoms with Gasteiger partial charge in [-0.3, -0.25) is 0 Å². The molecule has 0 spiro atoms. The molecule has 0 amide bonds. The summed E-state index contributed by atoms with van der Waals surface area (Å²) >= 11 is 0. The maximum absolute atomic E-state index is 12.8. The molecule has 0 aliphatic heterocycles. The largest absolute Gasteiger partial charge is 0.479 e. The summed E-state index contributed by atoms with van der Waals surface area (Å²) < 4.78 is 37.8. The SMILES string of the molecule is O=C(O)C(O)c1ccc(F)c(F)c1F. The van der Waals surface area contributed by atoms with Crippen molar-refractivity contribution in [2.45, 2.75) is 6.10 Å². The van der Waals surface area contributed by atoms with Crippen molar-refractivity contribution in [2.75, 3.05) is 0 Å². The highest BCUT2D eigenvalue weighted by Crippen LogP contribution is 2.21. The topological polar surface area (TPSA) is 57.5 Å².